The number of thioether (sulfide) groups is 1. The van der Waals surface area contributed by atoms with Crippen LogP contribution in [-0.2, 0) is 11.2 Å². The Balaban J connectivity index is 1.76. The van der Waals surface area contributed by atoms with E-state index in [1.807, 2.05) is 12.1 Å². The summed E-state index contributed by atoms with van der Waals surface area (Å²) in [6, 6.07) is 6.96. The predicted molar refractivity (Wildman–Crippen MR) is 70.7 cm³/mol. The second-order valence-corrected chi connectivity index (χ2v) is 5.45. The Morgan fingerprint density at radius 2 is 2.11 bits per heavy atom. The Labute approximate surface area is 110 Å². The van der Waals surface area contributed by atoms with E-state index in [1.54, 1.807) is 23.9 Å². The van der Waals surface area contributed by atoms with Gasteiger partial charge in [0.05, 0.1) is 16.7 Å². The maximum atomic E-state index is 11.0. The zero-order valence-corrected chi connectivity index (χ0v) is 10.7. The summed E-state index contributed by atoms with van der Waals surface area (Å²) in [7, 11) is 0. The van der Waals surface area contributed by atoms with E-state index in [1.165, 1.54) is 0 Å². The van der Waals surface area contributed by atoms with Crippen LogP contribution in [0.3, 0.4) is 0 Å². The van der Waals surface area contributed by atoms with E-state index >= 15 is 0 Å². The minimum atomic E-state index is -0.897. The minimum absolute atomic E-state index is 0.121. The quantitative estimate of drug-likeness (QED) is 0.853. The van der Waals surface area contributed by atoms with Crippen molar-refractivity contribution in [1.82, 2.24) is 5.32 Å². The number of hydrogen-bond acceptors (Lipinski definition) is 3. The number of amides is 1. The van der Waals surface area contributed by atoms with Crippen LogP contribution < -0.4 is 5.32 Å². The van der Waals surface area contributed by atoms with Gasteiger partial charge in [0.2, 0.25) is 5.91 Å². The molecule has 1 aromatic rings. The number of carboxylic acid groups (broad SMARTS) is 1. The van der Waals surface area contributed by atoms with Crippen LogP contribution in [0.2, 0.25) is 0 Å². The molecule has 0 aromatic heterocycles. The molecule has 1 aromatic carbocycles. The van der Waals surface area contributed by atoms with E-state index in [-0.39, 0.29) is 11.3 Å². The number of nitrogens with one attached hydrogen (secondary N) is 1. The summed E-state index contributed by atoms with van der Waals surface area (Å²) in [6.07, 6.45) is 2.86. The van der Waals surface area contributed by atoms with Gasteiger partial charge in [-0.2, -0.15) is 0 Å². The number of benzene rings is 1. The van der Waals surface area contributed by atoms with Crippen LogP contribution in [0.25, 0.3) is 0 Å². The molecule has 1 saturated heterocycles. The molecule has 2 N–H and O–H groups in total. The number of aryl methyl sites for hydroxylation is 1. The Morgan fingerprint density at radius 1 is 1.39 bits per heavy atom. The maximum Gasteiger partial charge on any atom is 0.335 e. The number of rotatable bonds is 5. The fourth-order valence-electron chi connectivity index (χ4n) is 1.90. The van der Waals surface area contributed by atoms with Crippen LogP contribution in [0.15, 0.2) is 24.3 Å². The lowest BCUT2D eigenvalue weighted by atomic mass is 10.1. The molecule has 1 aliphatic heterocycles. The minimum Gasteiger partial charge on any atom is -0.478 e. The average molecular weight is 265 g/mol. The van der Waals surface area contributed by atoms with Gasteiger partial charge in [-0.15, -0.1) is 11.8 Å². The molecule has 4 nitrogen and oxygen atoms in total. The highest BCUT2D eigenvalue weighted by atomic mass is 32.2. The maximum absolute atomic E-state index is 11.0. The van der Waals surface area contributed by atoms with E-state index < -0.39 is 5.97 Å². The molecule has 1 amide bonds. The summed E-state index contributed by atoms with van der Waals surface area (Å²) < 4.78 is 0. The molecule has 0 spiro atoms. The molecule has 0 bridgehead atoms. The zero-order chi connectivity index (χ0) is 13.0. The third-order valence-electron chi connectivity index (χ3n) is 2.87. The third kappa shape index (κ3) is 3.50. The van der Waals surface area contributed by atoms with Crippen molar-refractivity contribution in [2.45, 2.75) is 24.6 Å². The first-order chi connectivity index (χ1) is 8.65. The lowest BCUT2D eigenvalue weighted by molar-refractivity contribution is -0.118. The van der Waals surface area contributed by atoms with Gasteiger partial charge in [0, 0.05) is 0 Å². The molecule has 96 valence electrons. The van der Waals surface area contributed by atoms with Gasteiger partial charge in [-0.05, 0) is 37.0 Å². The first-order valence-electron chi connectivity index (χ1n) is 5.88. The molecular weight excluding hydrogens is 250 g/mol. The van der Waals surface area contributed by atoms with Gasteiger partial charge in [-0.3, -0.25) is 4.79 Å². The Bertz CT molecular complexity index is 444. The van der Waals surface area contributed by atoms with E-state index in [0.29, 0.717) is 11.3 Å². The molecule has 5 heteroatoms. The van der Waals surface area contributed by atoms with Crippen LogP contribution in [0.5, 0.6) is 0 Å². The Morgan fingerprint density at radius 3 is 2.67 bits per heavy atom. The van der Waals surface area contributed by atoms with Crippen LogP contribution >= 0.6 is 11.8 Å². The van der Waals surface area contributed by atoms with Crippen LogP contribution in [0, 0.1) is 0 Å². The van der Waals surface area contributed by atoms with Crippen molar-refractivity contribution < 1.29 is 14.7 Å². The summed E-state index contributed by atoms with van der Waals surface area (Å²) in [5.41, 5.74) is 1.45. The lowest BCUT2D eigenvalue weighted by Gasteiger charge is -2.08. The summed E-state index contributed by atoms with van der Waals surface area (Å²) in [5.74, 6) is -0.208. The first kappa shape index (κ1) is 13.0. The van der Waals surface area contributed by atoms with E-state index in [4.69, 9.17) is 5.11 Å². The summed E-state index contributed by atoms with van der Waals surface area (Å²) in [6.45, 7) is 0. The SMILES string of the molecule is O=C1CSC(CCCc2ccc(C(=O)O)cc2)N1. The van der Waals surface area contributed by atoms with E-state index in [2.05, 4.69) is 5.32 Å². The molecule has 1 heterocycles. The van der Waals surface area contributed by atoms with E-state index in [9.17, 15) is 9.59 Å². The van der Waals surface area contributed by atoms with Gasteiger partial charge < -0.3 is 10.4 Å². The molecule has 0 radical (unpaired) electrons. The first-order valence-corrected chi connectivity index (χ1v) is 6.93. The molecule has 0 saturated carbocycles. The van der Waals surface area contributed by atoms with Crippen molar-refractivity contribution in [2.75, 3.05) is 5.75 Å². The highest BCUT2D eigenvalue weighted by molar-refractivity contribution is 8.01. The number of hydrogen-bond donors (Lipinski definition) is 2. The second kappa shape index (κ2) is 5.91. The van der Waals surface area contributed by atoms with Crippen LogP contribution in [0.1, 0.15) is 28.8 Å². The van der Waals surface area contributed by atoms with Crippen LogP contribution in [0.4, 0.5) is 0 Å². The van der Waals surface area contributed by atoms with Crippen molar-refractivity contribution in [3.63, 3.8) is 0 Å². The lowest BCUT2D eigenvalue weighted by Crippen LogP contribution is -2.24. The van der Waals surface area contributed by atoms with Gasteiger partial charge in [0.1, 0.15) is 0 Å². The molecule has 1 atom stereocenters. The third-order valence-corrected chi connectivity index (χ3v) is 4.06. The van der Waals surface area contributed by atoms with E-state index in [0.717, 1.165) is 24.8 Å². The molecule has 18 heavy (non-hydrogen) atoms. The Hall–Kier alpha value is -1.49. The number of carbonyl (C=O) groups is 2. The normalized spacial score (nSPS) is 18.7. The molecule has 2 rings (SSSR count). The van der Waals surface area contributed by atoms with Gasteiger partial charge in [0.25, 0.3) is 0 Å². The fourth-order valence-corrected chi connectivity index (χ4v) is 2.88. The molecule has 1 unspecified atom stereocenters. The second-order valence-electron chi connectivity index (χ2n) is 4.26. The van der Waals surface area contributed by atoms with Crippen molar-refractivity contribution in [1.29, 1.82) is 0 Å². The van der Waals surface area contributed by atoms with Crippen molar-refractivity contribution in [3.05, 3.63) is 35.4 Å². The molecular formula is C13H15NO3S. The highest BCUT2D eigenvalue weighted by Gasteiger charge is 2.20. The molecule has 0 aliphatic carbocycles. The summed E-state index contributed by atoms with van der Waals surface area (Å²) in [4.78, 5) is 21.7. The van der Waals surface area contributed by atoms with Gasteiger partial charge in [-0.1, -0.05) is 12.1 Å². The summed E-state index contributed by atoms with van der Waals surface area (Å²) in [5, 5.41) is 11.9. The molecule has 1 aliphatic rings. The molecule has 1 fully saturated rings. The monoisotopic (exact) mass is 265 g/mol. The van der Waals surface area contributed by atoms with Crippen molar-refractivity contribution in [2.24, 2.45) is 0 Å². The largest absolute Gasteiger partial charge is 0.478 e. The fraction of sp³-hybridized carbons (Fsp3) is 0.385. The van der Waals surface area contributed by atoms with Crippen molar-refractivity contribution in [3.8, 4) is 0 Å². The topological polar surface area (TPSA) is 66.4 Å². The average Bonchev–Trinajstić information content (AvgIpc) is 2.76. The van der Waals surface area contributed by atoms with Crippen LogP contribution in [-0.4, -0.2) is 28.1 Å². The van der Waals surface area contributed by atoms with Crippen molar-refractivity contribution >= 4 is 23.6 Å². The predicted octanol–water partition coefficient (Wildman–Crippen LogP) is 1.90. The van der Waals surface area contributed by atoms with Gasteiger partial charge in [0.15, 0.2) is 0 Å². The van der Waals surface area contributed by atoms with Gasteiger partial charge >= 0.3 is 5.97 Å². The Kier molecular flexibility index (Phi) is 4.25. The smallest absolute Gasteiger partial charge is 0.335 e. The highest BCUT2D eigenvalue weighted by Crippen LogP contribution is 2.20. The van der Waals surface area contributed by atoms with Gasteiger partial charge in [-0.25, -0.2) is 4.79 Å². The number of aromatic carboxylic acids is 1. The summed E-state index contributed by atoms with van der Waals surface area (Å²) >= 11 is 1.65. The number of carbonyl (C=O) groups excluding carboxylic acids is 1. The zero-order valence-electron chi connectivity index (χ0n) is 9.89. The number of carboxylic acids is 1. The standard InChI is InChI=1S/C13H15NO3S/c15-11-8-18-12(14-11)3-1-2-9-4-6-10(7-5-9)13(16)17/h4-7,12H,1-3,8H2,(H,14,15)(H,16,17).